The van der Waals surface area contributed by atoms with Crippen LogP contribution in [0.4, 0.5) is 0 Å². The summed E-state index contributed by atoms with van der Waals surface area (Å²) in [6.45, 7) is 2.65. The Bertz CT molecular complexity index is 349. The van der Waals surface area contributed by atoms with Crippen molar-refractivity contribution in [3.8, 4) is 0 Å². The van der Waals surface area contributed by atoms with Crippen molar-refractivity contribution in [3.05, 3.63) is 22.4 Å². The molecule has 2 heterocycles. The Balaban J connectivity index is 2.25. The maximum Gasteiger partial charge on any atom is 0.116 e. The van der Waals surface area contributed by atoms with E-state index in [-0.39, 0.29) is 6.04 Å². The molecule has 1 unspecified atom stereocenters. The van der Waals surface area contributed by atoms with Gasteiger partial charge in [-0.05, 0) is 24.5 Å². The van der Waals surface area contributed by atoms with E-state index in [1.165, 1.54) is 11.5 Å². The molecule has 1 aliphatic rings. The Morgan fingerprint density at radius 1 is 1.71 bits per heavy atom. The molecular weight excluding hydrogens is 200 g/mol. The molecule has 0 radical (unpaired) electrons. The fourth-order valence-corrected chi connectivity index (χ4v) is 2.14. The molecule has 0 spiro atoms. The molecule has 0 saturated carbocycles. The van der Waals surface area contributed by atoms with E-state index in [4.69, 9.17) is 10.6 Å². The molecule has 1 aromatic heterocycles. The summed E-state index contributed by atoms with van der Waals surface area (Å²) in [5.41, 5.74) is 3.62. The number of aromatic nitrogens is 2. The maximum absolute atomic E-state index is 5.49. The van der Waals surface area contributed by atoms with Gasteiger partial charge in [0, 0.05) is 6.42 Å². The molecule has 0 aliphatic carbocycles. The number of nitrogens with two attached hydrogens (primary N) is 1. The molecule has 3 N–H and O–H groups in total. The topological polar surface area (TPSA) is 73.1 Å². The molecule has 0 fully saturated rings. The summed E-state index contributed by atoms with van der Waals surface area (Å²) in [5, 5.41) is 3.95. The van der Waals surface area contributed by atoms with Crippen LogP contribution in [0.25, 0.3) is 0 Å². The number of nitrogens with zero attached hydrogens (tertiary/aromatic N) is 2. The van der Waals surface area contributed by atoms with Crippen molar-refractivity contribution in [1.29, 1.82) is 0 Å². The molecular formula is C8H12N4OS. The third-order valence-corrected chi connectivity index (χ3v) is 3.02. The highest BCUT2D eigenvalue weighted by molar-refractivity contribution is 7.05. The lowest BCUT2D eigenvalue weighted by atomic mass is 10.2. The minimum Gasteiger partial charge on any atom is -0.496 e. The molecule has 1 aliphatic heterocycles. The van der Waals surface area contributed by atoms with Crippen LogP contribution in [0.3, 0.4) is 0 Å². The monoisotopic (exact) mass is 212 g/mol. The number of rotatable bonds is 3. The fraction of sp³-hybridized carbons (Fsp3) is 0.500. The summed E-state index contributed by atoms with van der Waals surface area (Å²) in [6.07, 6.45) is 2.99. The van der Waals surface area contributed by atoms with Crippen molar-refractivity contribution >= 4 is 11.5 Å². The fourth-order valence-electron chi connectivity index (χ4n) is 1.43. The molecule has 2 rings (SSSR count). The second kappa shape index (κ2) is 4.04. The molecule has 76 valence electrons. The third-order valence-electron chi connectivity index (χ3n) is 2.13. The molecule has 1 aromatic rings. The quantitative estimate of drug-likeness (QED) is 0.568. The summed E-state index contributed by atoms with van der Waals surface area (Å²) in [4.78, 5) is 1.01. The van der Waals surface area contributed by atoms with Crippen molar-refractivity contribution in [2.75, 3.05) is 6.61 Å². The molecule has 1 atom stereocenters. The summed E-state index contributed by atoms with van der Waals surface area (Å²) in [7, 11) is 0. The number of hydrazine groups is 1. The van der Waals surface area contributed by atoms with Gasteiger partial charge in [-0.15, -0.1) is 5.10 Å². The van der Waals surface area contributed by atoms with Crippen molar-refractivity contribution in [2.24, 2.45) is 5.84 Å². The standard InChI is InChI=1S/C8H12N4OS/c1-5-8(14-12-11-5)7(10-9)6-3-2-4-13-6/h3,7,10H,2,4,9H2,1H3. The lowest BCUT2D eigenvalue weighted by Crippen LogP contribution is -2.29. The van der Waals surface area contributed by atoms with Gasteiger partial charge in [0.1, 0.15) is 11.8 Å². The van der Waals surface area contributed by atoms with Gasteiger partial charge in [-0.2, -0.15) is 0 Å². The molecule has 5 nitrogen and oxygen atoms in total. The van der Waals surface area contributed by atoms with Gasteiger partial charge in [-0.25, -0.2) is 5.43 Å². The number of nitrogens with one attached hydrogen (secondary N) is 1. The van der Waals surface area contributed by atoms with E-state index in [0.717, 1.165) is 29.4 Å². The molecule has 14 heavy (non-hydrogen) atoms. The zero-order chi connectivity index (χ0) is 9.97. The van der Waals surface area contributed by atoms with Crippen LogP contribution in [-0.4, -0.2) is 16.2 Å². The minimum absolute atomic E-state index is 0.0995. The largest absolute Gasteiger partial charge is 0.496 e. The average Bonchev–Trinajstić information content (AvgIpc) is 2.80. The van der Waals surface area contributed by atoms with Gasteiger partial charge in [-0.3, -0.25) is 5.84 Å². The Hall–Kier alpha value is -0.980. The number of hydrogen-bond donors (Lipinski definition) is 2. The predicted octanol–water partition coefficient (Wildman–Crippen LogP) is 0.655. The van der Waals surface area contributed by atoms with Crippen molar-refractivity contribution < 1.29 is 4.74 Å². The zero-order valence-corrected chi connectivity index (χ0v) is 8.67. The van der Waals surface area contributed by atoms with E-state index < -0.39 is 0 Å². The van der Waals surface area contributed by atoms with E-state index in [1.807, 2.05) is 13.0 Å². The van der Waals surface area contributed by atoms with Crippen LogP contribution in [0.5, 0.6) is 0 Å². The summed E-state index contributed by atoms with van der Waals surface area (Å²) < 4.78 is 9.33. The van der Waals surface area contributed by atoms with Crippen LogP contribution in [-0.2, 0) is 4.74 Å². The van der Waals surface area contributed by atoms with Crippen LogP contribution < -0.4 is 11.3 Å². The predicted molar refractivity (Wildman–Crippen MR) is 53.4 cm³/mol. The first-order chi connectivity index (χ1) is 6.83. The summed E-state index contributed by atoms with van der Waals surface area (Å²) in [6, 6.07) is -0.0995. The minimum atomic E-state index is -0.0995. The molecule has 0 bridgehead atoms. The molecule has 6 heteroatoms. The highest BCUT2D eigenvalue weighted by atomic mass is 32.1. The highest BCUT2D eigenvalue weighted by Crippen LogP contribution is 2.29. The number of ether oxygens (including phenoxy) is 1. The maximum atomic E-state index is 5.49. The van der Waals surface area contributed by atoms with Crippen molar-refractivity contribution in [2.45, 2.75) is 19.4 Å². The number of hydrogen-bond acceptors (Lipinski definition) is 6. The van der Waals surface area contributed by atoms with Gasteiger partial charge in [0.15, 0.2) is 0 Å². The molecule has 0 saturated heterocycles. The van der Waals surface area contributed by atoms with Crippen LogP contribution in [0.2, 0.25) is 0 Å². The first kappa shape index (κ1) is 9.57. The second-order valence-corrected chi connectivity index (χ2v) is 3.85. The van der Waals surface area contributed by atoms with Crippen molar-refractivity contribution in [3.63, 3.8) is 0 Å². The van der Waals surface area contributed by atoms with Crippen LogP contribution in [0, 0.1) is 6.92 Å². The smallest absolute Gasteiger partial charge is 0.116 e. The lowest BCUT2D eigenvalue weighted by Gasteiger charge is -2.15. The Labute approximate surface area is 86.1 Å². The van der Waals surface area contributed by atoms with E-state index in [0.29, 0.717) is 0 Å². The second-order valence-electron chi connectivity index (χ2n) is 3.07. The first-order valence-electron chi connectivity index (χ1n) is 4.40. The Kier molecular flexibility index (Phi) is 2.76. The first-order valence-corrected chi connectivity index (χ1v) is 5.18. The summed E-state index contributed by atoms with van der Waals surface area (Å²) >= 11 is 1.34. The van der Waals surface area contributed by atoms with Gasteiger partial charge in [0.05, 0.1) is 17.2 Å². The normalized spacial score (nSPS) is 17.7. The van der Waals surface area contributed by atoms with E-state index in [9.17, 15) is 0 Å². The number of aryl methyl sites for hydroxylation is 1. The van der Waals surface area contributed by atoms with E-state index in [1.54, 1.807) is 0 Å². The average molecular weight is 212 g/mol. The van der Waals surface area contributed by atoms with Gasteiger partial charge < -0.3 is 4.74 Å². The van der Waals surface area contributed by atoms with Crippen LogP contribution >= 0.6 is 11.5 Å². The Morgan fingerprint density at radius 2 is 2.57 bits per heavy atom. The van der Waals surface area contributed by atoms with Gasteiger partial charge >= 0.3 is 0 Å². The molecule has 0 amide bonds. The van der Waals surface area contributed by atoms with Gasteiger partial charge in [-0.1, -0.05) is 4.49 Å². The lowest BCUT2D eigenvalue weighted by molar-refractivity contribution is 0.216. The van der Waals surface area contributed by atoms with Gasteiger partial charge in [0.25, 0.3) is 0 Å². The van der Waals surface area contributed by atoms with Crippen LogP contribution in [0.15, 0.2) is 11.8 Å². The van der Waals surface area contributed by atoms with E-state index >= 15 is 0 Å². The molecule has 0 aromatic carbocycles. The Morgan fingerprint density at radius 3 is 3.07 bits per heavy atom. The highest BCUT2D eigenvalue weighted by Gasteiger charge is 2.23. The third kappa shape index (κ3) is 1.63. The zero-order valence-electron chi connectivity index (χ0n) is 7.86. The SMILES string of the molecule is Cc1nnsc1C(NN)C1=CCCO1. The van der Waals surface area contributed by atoms with Gasteiger partial charge in [0.2, 0.25) is 0 Å². The van der Waals surface area contributed by atoms with Crippen LogP contribution in [0.1, 0.15) is 23.0 Å². The van der Waals surface area contributed by atoms with Crippen molar-refractivity contribution in [1.82, 2.24) is 15.0 Å². The van der Waals surface area contributed by atoms with E-state index in [2.05, 4.69) is 15.0 Å². The summed E-state index contributed by atoms with van der Waals surface area (Å²) in [5.74, 6) is 6.37.